The molecule has 0 aromatic carbocycles. The van der Waals surface area contributed by atoms with Gasteiger partial charge in [-0.3, -0.25) is 9.48 Å². The van der Waals surface area contributed by atoms with Crippen LogP contribution in [0.25, 0.3) is 0 Å². The quantitative estimate of drug-likeness (QED) is 0.860. The van der Waals surface area contributed by atoms with Crippen molar-refractivity contribution >= 4 is 5.91 Å². The number of aromatic nitrogens is 4. The number of carbonyl (C=O) groups is 1. The third-order valence-corrected chi connectivity index (χ3v) is 4.96. The van der Waals surface area contributed by atoms with Gasteiger partial charge in [0, 0.05) is 38.2 Å². The summed E-state index contributed by atoms with van der Waals surface area (Å²) in [5, 5.41) is 8.05. The Kier molecular flexibility index (Phi) is 3.43. The van der Waals surface area contributed by atoms with Gasteiger partial charge in [0.05, 0.1) is 6.20 Å². The third kappa shape index (κ3) is 2.75. The van der Waals surface area contributed by atoms with Crippen molar-refractivity contribution in [2.75, 3.05) is 13.1 Å². The Labute approximate surface area is 134 Å². The minimum atomic E-state index is 0.140. The van der Waals surface area contributed by atoms with Crippen molar-refractivity contribution < 1.29 is 9.32 Å². The molecule has 2 atom stereocenters. The first-order valence-corrected chi connectivity index (χ1v) is 8.19. The number of likely N-dealkylation sites (tertiary alicyclic amines) is 1. The number of hydrogen-bond acceptors (Lipinski definition) is 5. The summed E-state index contributed by atoms with van der Waals surface area (Å²) in [7, 11) is 1.91. The lowest BCUT2D eigenvalue weighted by molar-refractivity contribution is -0.133. The summed E-state index contributed by atoms with van der Waals surface area (Å²) in [6.07, 6.45) is 6.65. The van der Waals surface area contributed by atoms with Crippen LogP contribution < -0.4 is 0 Å². The molecule has 7 nitrogen and oxygen atoms in total. The third-order valence-electron chi connectivity index (χ3n) is 4.96. The molecule has 1 amide bonds. The maximum atomic E-state index is 12.6. The first-order chi connectivity index (χ1) is 11.1. The summed E-state index contributed by atoms with van der Waals surface area (Å²) in [5.74, 6) is 2.46. The van der Waals surface area contributed by atoms with Gasteiger partial charge in [-0.05, 0) is 37.7 Å². The van der Waals surface area contributed by atoms with Crippen LogP contribution in [0.1, 0.15) is 48.4 Å². The van der Waals surface area contributed by atoms with E-state index >= 15 is 0 Å². The summed E-state index contributed by atoms with van der Waals surface area (Å²) in [5.41, 5.74) is 1.18. The number of aryl methyl sites for hydroxylation is 2. The SMILES string of the molecule is Cc1noc(C2CCN(C(=O)[C@@H]3C[C@H]3c3cnn(C)c3)CC2)n1. The summed E-state index contributed by atoms with van der Waals surface area (Å²) >= 11 is 0. The van der Waals surface area contributed by atoms with Crippen LogP contribution >= 0.6 is 0 Å². The van der Waals surface area contributed by atoms with Gasteiger partial charge in [-0.2, -0.15) is 10.1 Å². The smallest absolute Gasteiger partial charge is 0.229 e. The molecule has 0 N–H and O–H groups in total. The summed E-state index contributed by atoms with van der Waals surface area (Å²) in [4.78, 5) is 19.0. The Balaban J connectivity index is 1.33. The van der Waals surface area contributed by atoms with E-state index in [9.17, 15) is 4.79 Å². The minimum absolute atomic E-state index is 0.140. The zero-order chi connectivity index (χ0) is 16.0. The molecule has 3 heterocycles. The molecule has 2 aromatic heterocycles. The molecule has 1 aliphatic heterocycles. The summed E-state index contributed by atoms with van der Waals surface area (Å²) < 4.78 is 7.06. The van der Waals surface area contributed by atoms with Crippen LogP contribution in [0.2, 0.25) is 0 Å². The Morgan fingerprint density at radius 3 is 2.74 bits per heavy atom. The van der Waals surface area contributed by atoms with Crippen LogP contribution in [0.4, 0.5) is 0 Å². The Hall–Kier alpha value is -2.18. The number of nitrogens with zero attached hydrogens (tertiary/aromatic N) is 5. The van der Waals surface area contributed by atoms with Crippen LogP contribution in [0.5, 0.6) is 0 Å². The molecule has 2 fully saturated rings. The molecule has 2 aliphatic rings. The highest BCUT2D eigenvalue weighted by Gasteiger charge is 2.46. The van der Waals surface area contributed by atoms with Gasteiger partial charge in [0.2, 0.25) is 11.8 Å². The highest BCUT2D eigenvalue weighted by atomic mass is 16.5. The molecule has 4 rings (SSSR count). The predicted octanol–water partition coefficient (Wildman–Crippen LogP) is 1.62. The topological polar surface area (TPSA) is 77.0 Å². The van der Waals surface area contributed by atoms with E-state index in [1.54, 1.807) is 4.68 Å². The lowest BCUT2D eigenvalue weighted by atomic mass is 9.96. The monoisotopic (exact) mass is 315 g/mol. The molecule has 1 aliphatic carbocycles. The molecule has 0 radical (unpaired) electrons. The van der Waals surface area contributed by atoms with Gasteiger partial charge in [-0.15, -0.1) is 0 Å². The van der Waals surface area contributed by atoms with E-state index in [0.29, 0.717) is 23.5 Å². The average molecular weight is 315 g/mol. The number of hydrogen-bond donors (Lipinski definition) is 0. The van der Waals surface area contributed by atoms with E-state index in [1.165, 1.54) is 5.56 Å². The van der Waals surface area contributed by atoms with E-state index < -0.39 is 0 Å². The second kappa shape index (κ2) is 5.47. The van der Waals surface area contributed by atoms with Crippen molar-refractivity contribution in [3.8, 4) is 0 Å². The van der Waals surface area contributed by atoms with E-state index in [4.69, 9.17) is 4.52 Å². The molecule has 0 spiro atoms. The molecule has 0 bridgehead atoms. The zero-order valence-electron chi connectivity index (χ0n) is 13.5. The predicted molar refractivity (Wildman–Crippen MR) is 81.6 cm³/mol. The number of piperidine rings is 1. The Bertz CT molecular complexity index is 714. The van der Waals surface area contributed by atoms with Gasteiger partial charge >= 0.3 is 0 Å². The molecule has 1 saturated carbocycles. The highest BCUT2D eigenvalue weighted by molar-refractivity contribution is 5.83. The summed E-state index contributed by atoms with van der Waals surface area (Å²) in [6, 6.07) is 0. The number of rotatable bonds is 3. The first kappa shape index (κ1) is 14.4. The lowest BCUT2D eigenvalue weighted by Gasteiger charge is -2.30. The van der Waals surface area contributed by atoms with Crippen molar-refractivity contribution in [3.63, 3.8) is 0 Å². The van der Waals surface area contributed by atoms with E-state index in [1.807, 2.05) is 31.3 Å². The standard InChI is InChI=1S/C16H21N5O2/c1-10-18-15(23-19-10)11-3-5-21(6-4-11)16(22)14-7-13(14)12-8-17-20(2)9-12/h8-9,11,13-14H,3-7H2,1-2H3/t13-,14+/m0/s1. The maximum absolute atomic E-state index is 12.6. The van der Waals surface area contributed by atoms with Crippen molar-refractivity contribution in [3.05, 3.63) is 29.7 Å². The average Bonchev–Trinajstić information content (AvgIpc) is 3.05. The maximum Gasteiger partial charge on any atom is 0.229 e. The first-order valence-electron chi connectivity index (χ1n) is 8.19. The molecule has 7 heteroatoms. The molecular weight excluding hydrogens is 294 g/mol. The van der Waals surface area contributed by atoms with Crippen LogP contribution in [-0.4, -0.2) is 43.8 Å². The second-order valence-electron chi connectivity index (χ2n) is 6.68. The molecule has 122 valence electrons. The van der Waals surface area contributed by atoms with Crippen LogP contribution in [-0.2, 0) is 11.8 Å². The fourth-order valence-electron chi connectivity index (χ4n) is 3.53. The van der Waals surface area contributed by atoms with Crippen molar-refractivity contribution in [2.45, 2.75) is 38.0 Å². The molecule has 2 aromatic rings. The zero-order valence-corrected chi connectivity index (χ0v) is 13.5. The van der Waals surface area contributed by atoms with Crippen molar-refractivity contribution in [2.24, 2.45) is 13.0 Å². The summed E-state index contributed by atoms with van der Waals surface area (Å²) in [6.45, 7) is 3.39. The molecular formula is C16H21N5O2. The van der Waals surface area contributed by atoms with Gasteiger partial charge in [0.15, 0.2) is 5.82 Å². The van der Waals surface area contributed by atoms with Gasteiger partial charge in [0.25, 0.3) is 0 Å². The van der Waals surface area contributed by atoms with Crippen LogP contribution in [0.15, 0.2) is 16.9 Å². The highest BCUT2D eigenvalue weighted by Crippen LogP contribution is 2.48. The molecule has 1 saturated heterocycles. The molecule has 0 unspecified atom stereocenters. The second-order valence-corrected chi connectivity index (χ2v) is 6.68. The fourth-order valence-corrected chi connectivity index (χ4v) is 3.53. The van der Waals surface area contributed by atoms with Gasteiger partial charge in [0.1, 0.15) is 0 Å². The Morgan fingerprint density at radius 1 is 1.35 bits per heavy atom. The van der Waals surface area contributed by atoms with Crippen LogP contribution in [0, 0.1) is 12.8 Å². The Morgan fingerprint density at radius 2 is 2.13 bits per heavy atom. The van der Waals surface area contributed by atoms with Gasteiger partial charge in [-0.1, -0.05) is 5.16 Å². The number of carbonyl (C=O) groups excluding carboxylic acids is 1. The minimum Gasteiger partial charge on any atom is -0.342 e. The fraction of sp³-hybridized carbons (Fsp3) is 0.625. The van der Waals surface area contributed by atoms with E-state index in [0.717, 1.165) is 32.4 Å². The van der Waals surface area contributed by atoms with Gasteiger partial charge in [-0.25, -0.2) is 0 Å². The largest absolute Gasteiger partial charge is 0.342 e. The van der Waals surface area contributed by atoms with Crippen molar-refractivity contribution in [1.29, 1.82) is 0 Å². The van der Waals surface area contributed by atoms with E-state index in [-0.39, 0.29) is 11.8 Å². The van der Waals surface area contributed by atoms with Gasteiger partial charge < -0.3 is 9.42 Å². The van der Waals surface area contributed by atoms with E-state index in [2.05, 4.69) is 15.2 Å². The number of amides is 1. The van der Waals surface area contributed by atoms with Crippen LogP contribution in [0.3, 0.4) is 0 Å². The molecule has 23 heavy (non-hydrogen) atoms. The van der Waals surface area contributed by atoms with Crippen molar-refractivity contribution in [1.82, 2.24) is 24.8 Å². The normalized spacial score (nSPS) is 24.9. The lowest BCUT2D eigenvalue weighted by Crippen LogP contribution is -2.39.